The molecule has 1 aromatic carbocycles. The fraction of sp³-hybridized carbons (Fsp3) is 0.333. The summed E-state index contributed by atoms with van der Waals surface area (Å²) in [6, 6.07) is 4.67. The Morgan fingerprint density at radius 1 is 1.62 bits per heavy atom. The molecule has 2 nitrogen and oxygen atoms in total. The van der Waals surface area contributed by atoms with Gasteiger partial charge in [0.15, 0.2) is 0 Å². The molecule has 16 heavy (non-hydrogen) atoms. The van der Waals surface area contributed by atoms with E-state index < -0.39 is 0 Å². The number of halogens is 2. The van der Waals surface area contributed by atoms with Crippen LogP contribution in [-0.4, -0.2) is 13.7 Å². The number of methoxy groups -OCH3 is 1. The van der Waals surface area contributed by atoms with E-state index in [2.05, 4.69) is 11.9 Å². The molecule has 1 rings (SSSR count). The summed E-state index contributed by atoms with van der Waals surface area (Å²) >= 11 is 5.63. The fourth-order valence-electron chi connectivity index (χ4n) is 1.36. The maximum absolute atomic E-state index is 13.6. The number of rotatable bonds is 5. The summed E-state index contributed by atoms with van der Waals surface area (Å²) in [5.41, 5.74) is 0.582. The molecule has 0 aliphatic carbocycles. The number of nitrogens with one attached hydrogen (secondary N) is 1. The van der Waals surface area contributed by atoms with Crippen molar-refractivity contribution < 1.29 is 9.13 Å². The third kappa shape index (κ3) is 3.51. The van der Waals surface area contributed by atoms with E-state index in [1.54, 1.807) is 12.1 Å². The van der Waals surface area contributed by atoms with Crippen LogP contribution in [0.5, 0.6) is 5.75 Å². The van der Waals surface area contributed by atoms with Crippen molar-refractivity contribution in [1.82, 2.24) is 5.32 Å². The molecule has 0 saturated carbocycles. The zero-order valence-corrected chi connectivity index (χ0v) is 10.1. The maximum Gasteiger partial charge on any atom is 0.131 e. The molecule has 0 spiro atoms. The van der Waals surface area contributed by atoms with E-state index in [4.69, 9.17) is 16.3 Å². The summed E-state index contributed by atoms with van der Waals surface area (Å²) in [5, 5.41) is 3.57. The van der Waals surface area contributed by atoms with Gasteiger partial charge in [-0.3, -0.25) is 0 Å². The molecule has 0 aliphatic heterocycles. The van der Waals surface area contributed by atoms with Crippen molar-refractivity contribution in [3.05, 3.63) is 41.2 Å². The standard InChI is InChI=1S/C12H15ClFNO/c1-8(13)7-15-9(2)11-5-4-10(16-3)6-12(11)14/h4-6,9,15H,1,7H2,2-3H3. The predicted octanol–water partition coefficient (Wildman–Crippen LogP) is 3.24. The highest BCUT2D eigenvalue weighted by Crippen LogP contribution is 2.21. The molecule has 88 valence electrons. The maximum atomic E-state index is 13.6. The molecule has 4 heteroatoms. The normalized spacial score (nSPS) is 12.2. The quantitative estimate of drug-likeness (QED) is 0.857. The zero-order valence-electron chi connectivity index (χ0n) is 9.39. The Hall–Kier alpha value is -1.06. The van der Waals surface area contributed by atoms with Crippen LogP contribution in [-0.2, 0) is 0 Å². The summed E-state index contributed by atoms with van der Waals surface area (Å²) in [7, 11) is 1.51. The lowest BCUT2D eigenvalue weighted by atomic mass is 10.1. The number of hydrogen-bond donors (Lipinski definition) is 1. The molecule has 1 atom stereocenters. The van der Waals surface area contributed by atoms with Gasteiger partial charge >= 0.3 is 0 Å². The Bertz CT molecular complexity index is 381. The number of ether oxygens (including phenoxy) is 1. The predicted molar refractivity (Wildman–Crippen MR) is 64.4 cm³/mol. The second kappa shape index (κ2) is 5.87. The minimum atomic E-state index is -0.292. The van der Waals surface area contributed by atoms with Gasteiger partial charge < -0.3 is 10.1 Å². The molecule has 0 fully saturated rings. The van der Waals surface area contributed by atoms with Gasteiger partial charge in [-0.25, -0.2) is 4.39 Å². The van der Waals surface area contributed by atoms with Crippen molar-refractivity contribution in [3.8, 4) is 5.75 Å². The van der Waals surface area contributed by atoms with Gasteiger partial charge in [0.2, 0.25) is 0 Å². The van der Waals surface area contributed by atoms with Crippen molar-refractivity contribution in [2.75, 3.05) is 13.7 Å². The van der Waals surface area contributed by atoms with Crippen molar-refractivity contribution in [1.29, 1.82) is 0 Å². The summed E-state index contributed by atoms with van der Waals surface area (Å²) in [5.74, 6) is 0.217. The van der Waals surface area contributed by atoms with Crippen LogP contribution in [0.1, 0.15) is 18.5 Å². The summed E-state index contributed by atoms with van der Waals surface area (Å²) in [6.07, 6.45) is 0. The Labute approximate surface area is 100 Å². The minimum absolute atomic E-state index is 0.124. The zero-order chi connectivity index (χ0) is 12.1. The summed E-state index contributed by atoms with van der Waals surface area (Å²) < 4.78 is 18.6. The first-order chi connectivity index (χ1) is 7.54. The van der Waals surface area contributed by atoms with Crippen LogP contribution in [0.25, 0.3) is 0 Å². The van der Waals surface area contributed by atoms with E-state index in [-0.39, 0.29) is 11.9 Å². The summed E-state index contributed by atoms with van der Waals surface area (Å²) in [4.78, 5) is 0. The van der Waals surface area contributed by atoms with Crippen molar-refractivity contribution in [3.63, 3.8) is 0 Å². The van der Waals surface area contributed by atoms with E-state index in [0.717, 1.165) is 0 Å². The highest BCUT2D eigenvalue weighted by molar-refractivity contribution is 6.29. The van der Waals surface area contributed by atoms with E-state index in [9.17, 15) is 4.39 Å². The van der Waals surface area contributed by atoms with Crippen LogP contribution in [0.15, 0.2) is 29.8 Å². The lowest BCUT2D eigenvalue weighted by molar-refractivity contribution is 0.409. The Morgan fingerprint density at radius 3 is 2.81 bits per heavy atom. The molecule has 1 unspecified atom stereocenters. The second-order valence-electron chi connectivity index (χ2n) is 3.51. The van der Waals surface area contributed by atoms with E-state index in [1.807, 2.05) is 6.92 Å². The first-order valence-electron chi connectivity index (χ1n) is 4.94. The van der Waals surface area contributed by atoms with Crippen molar-refractivity contribution in [2.45, 2.75) is 13.0 Å². The van der Waals surface area contributed by atoms with Crippen LogP contribution in [0.2, 0.25) is 0 Å². The molecule has 1 N–H and O–H groups in total. The monoisotopic (exact) mass is 243 g/mol. The smallest absolute Gasteiger partial charge is 0.131 e. The Kier molecular flexibility index (Phi) is 4.77. The molecule has 0 bridgehead atoms. The van der Waals surface area contributed by atoms with Crippen molar-refractivity contribution in [2.24, 2.45) is 0 Å². The Balaban J connectivity index is 2.75. The van der Waals surface area contributed by atoms with Gasteiger partial charge in [-0.05, 0) is 13.0 Å². The lowest BCUT2D eigenvalue weighted by Crippen LogP contribution is -2.20. The SMILES string of the molecule is C=C(Cl)CNC(C)c1ccc(OC)cc1F. The first-order valence-corrected chi connectivity index (χ1v) is 5.32. The number of hydrogen-bond acceptors (Lipinski definition) is 2. The van der Waals surface area contributed by atoms with Crippen LogP contribution in [0.4, 0.5) is 4.39 Å². The minimum Gasteiger partial charge on any atom is -0.497 e. The van der Waals surface area contributed by atoms with E-state index >= 15 is 0 Å². The van der Waals surface area contributed by atoms with Gasteiger partial charge in [-0.1, -0.05) is 24.2 Å². The van der Waals surface area contributed by atoms with Gasteiger partial charge in [0, 0.05) is 29.2 Å². The van der Waals surface area contributed by atoms with E-state index in [0.29, 0.717) is 22.9 Å². The summed E-state index contributed by atoms with van der Waals surface area (Å²) in [6.45, 7) is 5.88. The van der Waals surface area contributed by atoms with Gasteiger partial charge in [-0.2, -0.15) is 0 Å². The second-order valence-corrected chi connectivity index (χ2v) is 4.04. The molecular weight excluding hydrogens is 229 g/mol. The van der Waals surface area contributed by atoms with Crippen LogP contribution >= 0.6 is 11.6 Å². The van der Waals surface area contributed by atoms with Gasteiger partial charge in [0.25, 0.3) is 0 Å². The van der Waals surface area contributed by atoms with Crippen LogP contribution in [0.3, 0.4) is 0 Å². The lowest BCUT2D eigenvalue weighted by Gasteiger charge is -2.15. The Morgan fingerprint density at radius 2 is 2.31 bits per heavy atom. The molecule has 0 heterocycles. The fourth-order valence-corrected chi connectivity index (χ4v) is 1.44. The largest absolute Gasteiger partial charge is 0.497 e. The molecule has 0 amide bonds. The topological polar surface area (TPSA) is 21.3 Å². The van der Waals surface area contributed by atoms with Crippen LogP contribution < -0.4 is 10.1 Å². The van der Waals surface area contributed by atoms with Crippen LogP contribution in [0, 0.1) is 5.82 Å². The highest BCUT2D eigenvalue weighted by atomic mass is 35.5. The number of benzene rings is 1. The molecule has 0 radical (unpaired) electrons. The molecule has 0 saturated heterocycles. The average molecular weight is 244 g/mol. The molecule has 0 aliphatic rings. The first kappa shape index (κ1) is 13.0. The van der Waals surface area contributed by atoms with Crippen molar-refractivity contribution >= 4 is 11.6 Å². The molecule has 0 aromatic heterocycles. The molecular formula is C12H15ClFNO. The highest BCUT2D eigenvalue weighted by Gasteiger charge is 2.11. The third-order valence-corrected chi connectivity index (χ3v) is 2.41. The third-order valence-electron chi connectivity index (χ3n) is 2.27. The van der Waals surface area contributed by atoms with Gasteiger partial charge in [-0.15, -0.1) is 0 Å². The van der Waals surface area contributed by atoms with E-state index in [1.165, 1.54) is 13.2 Å². The van der Waals surface area contributed by atoms with Gasteiger partial charge in [0.05, 0.1) is 7.11 Å². The van der Waals surface area contributed by atoms with Gasteiger partial charge in [0.1, 0.15) is 11.6 Å². The molecule has 1 aromatic rings. The average Bonchev–Trinajstić information content (AvgIpc) is 2.25.